The smallest absolute Gasteiger partial charge is 0.251 e. The number of nitrogens with one attached hydrogen (secondary N) is 1. The van der Waals surface area contributed by atoms with E-state index in [4.69, 9.17) is 11.6 Å². The van der Waals surface area contributed by atoms with Gasteiger partial charge in [-0.1, -0.05) is 41.9 Å². The standard InChI is InChI=1S/C26H27ClN2O3S/c1-18(22-9-8-20-4-3-5-23(20)16-22)28-26(30)21-10-14-25(15-11-21)29(33(2,31)32)17-19-6-12-24(27)13-7-19/h6-16,18H,3-5,17H2,1-2H3,(H,28,30). The summed E-state index contributed by atoms with van der Waals surface area (Å²) in [6.45, 7) is 2.15. The van der Waals surface area contributed by atoms with E-state index in [1.54, 1.807) is 48.5 Å². The van der Waals surface area contributed by atoms with E-state index >= 15 is 0 Å². The molecule has 1 amide bonds. The van der Waals surface area contributed by atoms with Crippen molar-refractivity contribution in [3.8, 4) is 0 Å². The molecule has 3 aromatic carbocycles. The van der Waals surface area contributed by atoms with Crippen LogP contribution in [-0.4, -0.2) is 20.6 Å². The molecule has 1 aliphatic rings. The molecular formula is C26H27ClN2O3S. The first-order valence-corrected chi connectivity index (χ1v) is 13.2. The Morgan fingerprint density at radius 2 is 1.67 bits per heavy atom. The molecule has 0 radical (unpaired) electrons. The summed E-state index contributed by atoms with van der Waals surface area (Å²) >= 11 is 5.93. The number of nitrogens with zero attached hydrogens (tertiary/aromatic N) is 1. The lowest BCUT2D eigenvalue weighted by molar-refractivity contribution is 0.0940. The number of hydrogen-bond acceptors (Lipinski definition) is 3. The van der Waals surface area contributed by atoms with Gasteiger partial charge in [0.05, 0.1) is 24.5 Å². The van der Waals surface area contributed by atoms with E-state index in [-0.39, 0.29) is 18.5 Å². The predicted molar refractivity (Wildman–Crippen MR) is 133 cm³/mol. The van der Waals surface area contributed by atoms with E-state index in [2.05, 4.69) is 23.5 Å². The van der Waals surface area contributed by atoms with Crippen molar-refractivity contribution in [3.63, 3.8) is 0 Å². The van der Waals surface area contributed by atoms with Gasteiger partial charge in [0.25, 0.3) is 5.91 Å². The van der Waals surface area contributed by atoms with Crippen LogP contribution in [-0.2, 0) is 29.4 Å². The number of amides is 1. The Balaban J connectivity index is 1.47. The van der Waals surface area contributed by atoms with Gasteiger partial charge in [-0.15, -0.1) is 0 Å². The molecule has 0 aliphatic heterocycles. The molecular weight excluding hydrogens is 456 g/mol. The highest BCUT2D eigenvalue weighted by Crippen LogP contribution is 2.26. The summed E-state index contributed by atoms with van der Waals surface area (Å²) in [4.78, 5) is 12.8. The molecule has 3 aromatic rings. The zero-order valence-electron chi connectivity index (χ0n) is 18.7. The maximum Gasteiger partial charge on any atom is 0.251 e. The SMILES string of the molecule is CC(NC(=O)c1ccc(N(Cc2ccc(Cl)cc2)S(C)(=O)=O)cc1)c1ccc2c(c1)CCC2. The Morgan fingerprint density at radius 3 is 2.33 bits per heavy atom. The quantitative estimate of drug-likeness (QED) is 0.497. The van der Waals surface area contributed by atoms with Crippen molar-refractivity contribution < 1.29 is 13.2 Å². The van der Waals surface area contributed by atoms with Crippen LogP contribution in [0.5, 0.6) is 0 Å². The van der Waals surface area contributed by atoms with Crippen LogP contribution in [0.1, 0.15) is 52.0 Å². The third kappa shape index (κ3) is 5.57. The fourth-order valence-corrected chi connectivity index (χ4v) is 5.17. The number of halogens is 1. The third-order valence-corrected chi connectivity index (χ3v) is 7.42. The van der Waals surface area contributed by atoms with Crippen molar-refractivity contribution in [2.75, 3.05) is 10.6 Å². The summed E-state index contributed by atoms with van der Waals surface area (Å²) in [6.07, 6.45) is 4.58. The van der Waals surface area contributed by atoms with Crippen LogP contribution < -0.4 is 9.62 Å². The highest BCUT2D eigenvalue weighted by molar-refractivity contribution is 7.92. The van der Waals surface area contributed by atoms with Gasteiger partial charge in [-0.2, -0.15) is 0 Å². The lowest BCUT2D eigenvalue weighted by Gasteiger charge is -2.23. The molecule has 7 heteroatoms. The number of carbonyl (C=O) groups is 1. The van der Waals surface area contributed by atoms with Gasteiger partial charge in [0.1, 0.15) is 0 Å². The highest BCUT2D eigenvalue weighted by atomic mass is 35.5. The number of aryl methyl sites for hydroxylation is 2. The molecule has 0 heterocycles. The van der Waals surface area contributed by atoms with Crippen molar-refractivity contribution in [2.24, 2.45) is 0 Å². The average molecular weight is 483 g/mol. The fourth-order valence-electron chi connectivity index (χ4n) is 4.16. The maximum absolute atomic E-state index is 12.8. The summed E-state index contributed by atoms with van der Waals surface area (Å²) in [7, 11) is -3.52. The minimum absolute atomic E-state index is 0.125. The number of hydrogen-bond donors (Lipinski definition) is 1. The Labute approximate surface area is 200 Å². The summed E-state index contributed by atoms with van der Waals surface area (Å²) < 4.78 is 26.2. The van der Waals surface area contributed by atoms with Crippen molar-refractivity contribution in [1.29, 1.82) is 0 Å². The molecule has 0 fully saturated rings. The third-order valence-electron chi connectivity index (χ3n) is 6.03. The minimum atomic E-state index is -3.52. The van der Waals surface area contributed by atoms with E-state index in [0.717, 1.165) is 24.0 Å². The predicted octanol–water partition coefficient (Wildman–Crippen LogP) is 5.29. The van der Waals surface area contributed by atoms with Crippen LogP contribution in [0.2, 0.25) is 5.02 Å². The molecule has 1 atom stereocenters. The second kappa shape index (κ2) is 9.57. The molecule has 0 aromatic heterocycles. The van der Waals surface area contributed by atoms with Gasteiger partial charge in [0.15, 0.2) is 0 Å². The molecule has 1 N–H and O–H groups in total. The summed E-state index contributed by atoms with van der Waals surface area (Å²) in [5.41, 5.74) is 5.66. The molecule has 33 heavy (non-hydrogen) atoms. The van der Waals surface area contributed by atoms with Gasteiger partial charge in [-0.05, 0) is 84.8 Å². The number of benzene rings is 3. The lowest BCUT2D eigenvalue weighted by Crippen LogP contribution is -2.29. The second-order valence-electron chi connectivity index (χ2n) is 8.52. The zero-order chi connectivity index (χ0) is 23.6. The van der Waals surface area contributed by atoms with Gasteiger partial charge >= 0.3 is 0 Å². The first-order chi connectivity index (χ1) is 15.7. The number of anilines is 1. The second-order valence-corrected chi connectivity index (χ2v) is 10.9. The van der Waals surface area contributed by atoms with Crippen molar-refractivity contribution in [3.05, 3.63) is 99.6 Å². The van der Waals surface area contributed by atoms with Gasteiger partial charge in [-0.25, -0.2) is 8.42 Å². The van der Waals surface area contributed by atoms with E-state index in [1.807, 2.05) is 6.92 Å². The largest absolute Gasteiger partial charge is 0.346 e. The molecule has 5 nitrogen and oxygen atoms in total. The van der Waals surface area contributed by atoms with Gasteiger partial charge < -0.3 is 5.32 Å². The van der Waals surface area contributed by atoms with Crippen molar-refractivity contribution >= 4 is 33.2 Å². The highest BCUT2D eigenvalue weighted by Gasteiger charge is 2.19. The topological polar surface area (TPSA) is 66.5 Å². The van der Waals surface area contributed by atoms with E-state index in [9.17, 15) is 13.2 Å². The first-order valence-electron chi connectivity index (χ1n) is 11.0. The van der Waals surface area contributed by atoms with Crippen LogP contribution >= 0.6 is 11.6 Å². The molecule has 172 valence electrons. The fraction of sp³-hybridized carbons (Fsp3) is 0.269. The Bertz CT molecular complexity index is 1260. The summed E-state index contributed by atoms with van der Waals surface area (Å²) in [5.74, 6) is -0.196. The molecule has 1 unspecified atom stereocenters. The molecule has 1 aliphatic carbocycles. The molecule has 0 saturated heterocycles. The van der Waals surface area contributed by atoms with E-state index in [0.29, 0.717) is 16.3 Å². The lowest BCUT2D eigenvalue weighted by atomic mass is 10.0. The number of fused-ring (bicyclic) bond motifs is 1. The average Bonchev–Trinajstić information content (AvgIpc) is 3.26. The van der Waals surface area contributed by atoms with Crippen LogP contribution in [0, 0.1) is 0 Å². The number of carbonyl (C=O) groups excluding carboxylic acids is 1. The Kier molecular flexibility index (Phi) is 6.77. The molecule has 0 saturated carbocycles. The minimum Gasteiger partial charge on any atom is -0.346 e. The van der Waals surface area contributed by atoms with Gasteiger partial charge in [0.2, 0.25) is 10.0 Å². The first kappa shape index (κ1) is 23.3. The van der Waals surface area contributed by atoms with Gasteiger partial charge in [-0.3, -0.25) is 9.10 Å². The Hall–Kier alpha value is -2.83. The van der Waals surface area contributed by atoms with Gasteiger partial charge in [0, 0.05) is 10.6 Å². The monoisotopic (exact) mass is 482 g/mol. The van der Waals surface area contributed by atoms with E-state index in [1.165, 1.54) is 28.1 Å². The molecule has 0 bridgehead atoms. The molecule has 0 spiro atoms. The summed E-state index contributed by atoms with van der Waals surface area (Å²) in [6, 6.07) is 20.0. The van der Waals surface area contributed by atoms with Crippen LogP contribution in [0.3, 0.4) is 0 Å². The van der Waals surface area contributed by atoms with Crippen LogP contribution in [0.15, 0.2) is 66.7 Å². The number of sulfonamides is 1. The Morgan fingerprint density at radius 1 is 1.00 bits per heavy atom. The van der Waals surface area contributed by atoms with Crippen molar-refractivity contribution in [2.45, 2.75) is 38.8 Å². The molecule has 4 rings (SSSR count). The van der Waals surface area contributed by atoms with Crippen LogP contribution in [0.25, 0.3) is 0 Å². The normalized spacial score (nSPS) is 13.9. The van der Waals surface area contributed by atoms with Crippen LogP contribution in [0.4, 0.5) is 5.69 Å². The van der Waals surface area contributed by atoms with E-state index < -0.39 is 10.0 Å². The van der Waals surface area contributed by atoms with Crippen molar-refractivity contribution in [1.82, 2.24) is 5.32 Å². The summed E-state index contributed by atoms with van der Waals surface area (Å²) in [5, 5.41) is 3.64. The maximum atomic E-state index is 12.8. The number of rotatable bonds is 7. The zero-order valence-corrected chi connectivity index (χ0v) is 20.3.